The quantitative estimate of drug-likeness (QED) is 0.517. The molecule has 0 aromatic carbocycles. The first kappa shape index (κ1) is 5.96. The van der Waals surface area contributed by atoms with Crippen molar-refractivity contribution in [1.82, 2.24) is 14.9 Å². The maximum absolute atomic E-state index is 10.9. The second-order valence-corrected chi connectivity index (χ2v) is 2.18. The van der Waals surface area contributed by atoms with E-state index in [-0.39, 0.29) is 5.56 Å². The Morgan fingerprint density at radius 1 is 1.64 bits per heavy atom. The third-order valence-electron chi connectivity index (χ3n) is 1.44. The van der Waals surface area contributed by atoms with E-state index in [0.717, 1.165) is 4.73 Å². The van der Waals surface area contributed by atoms with Gasteiger partial charge in [-0.3, -0.25) is 4.79 Å². The zero-order valence-corrected chi connectivity index (χ0v) is 5.48. The predicted molar refractivity (Wildman–Crippen MR) is 36.7 cm³/mol. The predicted octanol–water partition coefficient (Wildman–Crippen LogP) is -0.0865. The molecule has 0 amide bonds. The Kier molecular flexibility index (Phi) is 1.00. The molecule has 0 radical (unpaired) electrons. The van der Waals surface area contributed by atoms with Crippen LogP contribution in [0.3, 0.4) is 0 Å². The van der Waals surface area contributed by atoms with Gasteiger partial charge in [0.15, 0.2) is 0 Å². The Bertz CT molecular complexity index is 403. The van der Waals surface area contributed by atoms with E-state index in [0.29, 0.717) is 11.3 Å². The van der Waals surface area contributed by atoms with E-state index in [4.69, 9.17) is 5.21 Å². The summed E-state index contributed by atoms with van der Waals surface area (Å²) in [6.45, 7) is 0. The van der Waals surface area contributed by atoms with Crippen molar-refractivity contribution in [2.75, 3.05) is 0 Å². The highest BCUT2D eigenvalue weighted by molar-refractivity contribution is 5.56. The minimum absolute atomic E-state index is 0.289. The van der Waals surface area contributed by atoms with Crippen LogP contribution in [0.2, 0.25) is 0 Å². The Labute approximate surface area is 61.2 Å². The van der Waals surface area contributed by atoms with Gasteiger partial charge < -0.3 is 5.21 Å². The molecule has 0 unspecified atom stereocenters. The minimum atomic E-state index is -0.289. The Hall–Kier alpha value is -1.78. The van der Waals surface area contributed by atoms with E-state index in [1.165, 1.54) is 12.4 Å². The molecule has 5 nitrogen and oxygen atoms in total. The lowest BCUT2D eigenvalue weighted by atomic mass is 10.2. The first-order valence-electron chi connectivity index (χ1n) is 3.03. The molecular formula is C6H5N3O2. The second kappa shape index (κ2) is 1.85. The van der Waals surface area contributed by atoms with Crippen LogP contribution in [0.25, 0.3) is 11.3 Å². The standard InChI is InChI=1S/C6H5N3O2/c10-6-4-3-9(11)2-1-5(4)7-8-6/h1-3,11H,(H,8,10). The average Bonchev–Trinajstić information content (AvgIpc) is 2.33. The molecule has 0 aromatic rings. The number of nitrogens with one attached hydrogen (secondary N) is 1. The summed E-state index contributed by atoms with van der Waals surface area (Å²) in [6.07, 6.45) is 2.71. The number of hydrogen-bond donors (Lipinski definition) is 2. The van der Waals surface area contributed by atoms with Crippen molar-refractivity contribution in [1.29, 1.82) is 0 Å². The molecule has 0 atom stereocenters. The highest BCUT2D eigenvalue weighted by Gasteiger charge is 2.08. The summed E-state index contributed by atoms with van der Waals surface area (Å²) in [4.78, 5) is 10.9. The van der Waals surface area contributed by atoms with E-state index >= 15 is 0 Å². The van der Waals surface area contributed by atoms with Gasteiger partial charge in [0.05, 0.1) is 17.5 Å². The molecule has 0 bridgehead atoms. The lowest BCUT2D eigenvalue weighted by molar-refractivity contribution is 0.184. The molecule has 0 aromatic heterocycles. The largest absolute Gasteiger partial charge is 0.429 e. The zero-order valence-electron chi connectivity index (χ0n) is 5.48. The van der Waals surface area contributed by atoms with Crippen LogP contribution < -0.4 is 5.56 Å². The summed E-state index contributed by atoms with van der Waals surface area (Å²) in [5.74, 6) is 0. The van der Waals surface area contributed by atoms with Gasteiger partial charge in [0.25, 0.3) is 5.56 Å². The number of H-pyrrole nitrogens is 1. The number of aromatic amines is 1. The smallest absolute Gasteiger partial charge is 0.275 e. The van der Waals surface area contributed by atoms with Gasteiger partial charge in [-0.05, 0) is 6.07 Å². The maximum Gasteiger partial charge on any atom is 0.275 e. The lowest BCUT2D eigenvalue weighted by Gasteiger charge is -1.96. The summed E-state index contributed by atoms with van der Waals surface area (Å²) in [7, 11) is 0. The molecule has 0 fully saturated rings. The van der Waals surface area contributed by atoms with Crippen LogP contribution in [0.1, 0.15) is 0 Å². The van der Waals surface area contributed by atoms with Gasteiger partial charge in [-0.2, -0.15) is 5.10 Å². The monoisotopic (exact) mass is 151 g/mol. The second-order valence-electron chi connectivity index (χ2n) is 2.18. The molecule has 2 N–H and O–H groups in total. The third-order valence-corrected chi connectivity index (χ3v) is 1.44. The van der Waals surface area contributed by atoms with Crippen molar-refractivity contribution in [3.63, 3.8) is 0 Å². The Morgan fingerprint density at radius 3 is 3.27 bits per heavy atom. The van der Waals surface area contributed by atoms with Gasteiger partial charge in [-0.25, -0.2) is 9.83 Å². The van der Waals surface area contributed by atoms with Crippen LogP contribution in [-0.4, -0.2) is 20.1 Å². The van der Waals surface area contributed by atoms with Crippen LogP contribution in [-0.2, 0) is 0 Å². The summed E-state index contributed by atoms with van der Waals surface area (Å²) in [5, 5.41) is 14.9. The fraction of sp³-hybridized carbons (Fsp3) is 0. The molecule has 2 rings (SSSR count). The topological polar surface area (TPSA) is 70.9 Å². The lowest BCUT2D eigenvalue weighted by Crippen LogP contribution is -2.02. The van der Waals surface area contributed by atoms with Crippen molar-refractivity contribution in [2.24, 2.45) is 0 Å². The molecule has 0 saturated carbocycles. The van der Waals surface area contributed by atoms with Crippen molar-refractivity contribution >= 4 is 0 Å². The average molecular weight is 151 g/mol. The first-order valence-corrected chi connectivity index (χ1v) is 3.03. The molecule has 5 heteroatoms. The van der Waals surface area contributed by atoms with E-state index in [1.807, 2.05) is 0 Å². The first-order chi connectivity index (χ1) is 5.27. The Balaban J connectivity index is 2.86. The van der Waals surface area contributed by atoms with E-state index in [2.05, 4.69) is 10.2 Å². The fourth-order valence-corrected chi connectivity index (χ4v) is 0.922. The van der Waals surface area contributed by atoms with Crippen LogP contribution in [0.15, 0.2) is 23.3 Å². The van der Waals surface area contributed by atoms with Gasteiger partial charge >= 0.3 is 0 Å². The van der Waals surface area contributed by atoms with Gasteiger partial charge in [-0.15, -0.1) is 0 Å². The van der Waals surface area contributed by atoms with E-state index in [1.54, 1.807) is 6.07 Å². The van der Waals surface area contributed by atoms with Gasteiger partial charge in [0, 0.05) is 6.20 Å². The molecule has 0 spiro atoms. The van der Waals surface area contributed by atoms with Crippen molar-refractivity contribution in [3.05, 3.63) is 28.8 Å². The molecule has 11 heavy (non-hydrogen) atoms. The molecular weight excluding hydrogens is 146 g/mol. The van der Waals surface area contributed by atoms with Crippen LogP contribution in [0.4, 0.5) is 0 Å². The van der Waals surface area contributed by atoms with Crippen molar-refractivity contribution in [3.8, 4) is 11.3 Å². The molecule has 2 heterocycles. The molecule has 0 saturated heterocycles. The van der Waals surface area contributed by atoms with Gasteiger partial charge in [0.2, 0.25) is 0 Å². The van der Waals surface area contributed by atoms with Gasteiger partial charge in [-0.1, -0.05) is 0 Å². The molecule has 2 aliphatic heterocycles. The zero-order chi connectivity index (χ0) is 7.84. The summed E-state index contributed by atoms with van der Waals surface area (Å²) < 4.78 is 0.819. The normalized spacial score (nSPS) is 10.5. The third kappa shape index (κ3) is 0.778. The number of rotatable bonds is 0. The van der Waals surface area contributed by atoms with Crippen molar-refractivity contribution < 1.29 is 5.21 Å². The van der Waals surface area contributed by atoms with Crippen LogP contribution in [0, 0.1) is 0 Å². The Morgan fingerprint density at radius 2 is 2.45 bits per heavy atom. The highest BCUT2D eigenvalue weighted by atomic mass is 16.5. The fourth-order valence-electron chi connectivity index (χ4n) is 0.922. The molecule has 56 valence electrons. The maximum atomic E-state index is 10.9. The summed E-state index contributed by atoms with van der Waals surface area (Å²) >= 11 is 0. The number of hydrogen-bond acceptors (Lipinski definition) is 3. The number of fused-ring (bicyclic) bond motifs is 1. The van der Waals surface area contributed by atoms with Gasteiger partial charge in [0.1, 0.15) is 0 Å². The number of nitrogens with zero attached hydrogens (tertiary/aromatic N) is 2. The highest BCUT2D eigenvalue weighted by Crippen LogP contribution is 2.10. The minimum Gasteiger partial charge on any atom is -0.429 e. The summed E-state index contributed by atoms with van der Waals surface area (Å²) in [6, 6.07) is 1.55. The number of pyridine rings is 1. The molecule has 2 aliphatic rings. The van der Waals surface area contributed by atoms with Crippen molar-refractivity contribution in [2.45, 2.75) is 0 Å². The SMILES string of the molecule is O=c1[nH]nc2ccn(O)cc1-2. The number of aromatic nitrogens is 3. The van der Waals surface area contributed by atoms with E-state index < -0.39 is 0 Å². The molecule has 0 aliphatic carbocycles. The van der Waals surface area contributed by atoms with E-state index in [9.17, 15) is 4.79 Å². The van der Waals surface area contributed by atoms with Crippen LogP contribution >= 0.6 is 0 Å². The van der Waals surface area contributed by atoms with Crippen LogP contribution in [0.5, 0.6) is 0 Å². The summed E-state index contributed by atoms with van der Waals surface area (Å²) in [5.41, 5.74) is 0.652.